The molecule has 2 aromatic heterocycles. The number of nitrogens with one attached hydrogen (secondary N) is 1. The highest BCUT2D eigenvalue weighted by Gasteiger charge is 2.11. The zero-order chi connectivity index (χ0) is 13.2. The summed E-state index contributed by atoms with van der Waals surface area (Å²) in [7, 11) is 1.93. The van der Waals surface area contributed by atoms with Crippen molar-refractivity contribution in [3.8, 4) is 11.1 Å². The Morgan fingerprint density at radius 3 is 2.63 bits per heavy atom. The molecule has 0 aliphatic carbocycles. The Balaban J connectivity index is 2.21. The molecule has 0 aliphatic heterocycles. The van der Waals surface area contributed by atoms with Gasteiger partial charge in [0.05, 0.1) is 5.52 Å². The first-order valence-electron chi connectivity index (χ1n) is 6.28. The smallest absolute Gasteiger partial charge is 0.123 e. The van der Waals surface area contributed by atoms with Crippen LogP contribution in [0.25, 0.3) is 16.6 Å². The first-order valence-corrected chi connectivity index (χ1v) is 6.28. The lowest BCUT2D eigenvalue weighted by atomic mass is 10.0. The summed E-state index contributed by atoms with van der Waals surface area (Å²) in [6.07, 6.45) is 4.12. The van der Waals surface area contributed by atoms with Gasteiger partial charge in [-0.1, -0.05) is 18.2 Å². The molecule has 2 heterocycles. The molecule has 0 unspecified atom stereocenters. The Morgan fingerprint density at radius 1 is 1.11 bits per heavy atom. The van der Waals surface area contributed by atoms with Gasteiger partial charge in [0.15, 0.2) is 0 Å². The summed E-state index contributed by atoms with van der Waals surface area (Å²) in [5.74, 6) is -0.206. The van der Waals surface area contributed by atoms with E-state index in [4.69, 9.17) is 0 Å². The molecule has 0 amide bonds. The van der Waals surface area contributed by atoms with Crippen LogP contribution in [0.3, 0.4) is 0 Å². The maximum absolute atomic E-state index is 13.0. The number of aromatic nitrogens is 1. The predicted octanol–water partition coefficient (Wildman–Crippen LogP) is 3.46. The molecule has 1 aromatic carbocycles. The van der Waals surface area contributed by atoms with Crippen LogP contribution in [0.1, 0.15) is 5.56 Å². The number of pyridine rings is 1. The van der Waals surface area contributed by atoms with Crippen molar-refractivity contribution in [1.82, 2.24) is 9.72 Å². The molecule has 2 nitrogen and oxygen atoms in total. The molecular formula is C16H15FN2. The Morgan fingerprint density at radius 2 is 1.89 bits per heavy atom. The third kappa shape index (κ3) is 2.13. The summed E-state index contributed by atoms with van der Waals surface area (Å²) in [6, 6.07) is 12.8. The van der Waals surface area contributed by atoms with Gasteiger partial charge in [-0.2, -0.15) is 0 Å². The average Bonchev–Trinajstić information content (AvgIpc) is 2.79. The van der Waals surface area contributed by atoms with Crippen molar-refractivity contribution in [3.05, 3.63) is 66.2 Å². The summed E-state index contributed by atoms with van der Waals surface area (Å²) in [5, 5.41) is 3.20. The second-order valence-corrected chi connectivity index (χ2v) is 4.55. The van der Waals surface area contributed by atoms with Crippen LogP contribution in [0.15, 0.2) is 54.9 Å². The van der Waals surface area contributed by atoms with E-state index < -0.39 is 0 Å². The molecular weight excluding hydrogens is 239 g/mol. The summed E-state index contributed by atoms with van der Waals surface area (Å²) in [4.78, 5) is 0. The van der Waals surface area contributed by atoms with Crippen LogP contribution in [0.2, 0.25) is 0 Å². The molecule has 1 N–H and O–H groups in total. The minimum atomic E-state index is -0.206. The van der Waals surface area contributed by atoms with Gasteiger partial charge in [-0.3, -0.25) is 0 Å². The lowest BCUT2D eigenvalue weighted by Gasteiger charge is -2.04. The molecule has 0 aliphatic rings. The fourth-order valence-electron chi connectivity index (χ4n) is 2.42. The van der Waals surface area contributed by atoms with E-state index in [1.807, 2.05) is 37.5 Å². The molecule has 0 bridgehead atoms. The van der Waals surface area contributed by atoms with Gasteiger partial charge in [0.1, 0.15) is 5.82 Å². The van der Waals surface area contributed by atoms with Crippen LogP contribution < -0.4 is 5.32 Å². The summed E-state index contributed by atoms with van der Waals surface area (Å²) >= 11 is 0. The van der Waals surface area contributed by atoms with Gasteiger partial charge in [-0.25, -0.2) is 4.39 Å². The van der Waals surface area contributed by atoms with Crippen LogP contribution in [0.4, 0.5) is 4.39 Å². The number of fused-ring (bicyclic) bond motifs is 1. The van der Waals surface area contributed by atoms with Gasteiger partial charge in [-0.15, -0.1) is 0 Å². The van der Waals surface area contributed by atoms with E-state index in [1.54, 1.807) is 0 Å². The Hall–Kier alpha value is -2.13. The Kier molecular flexibility index (Phi) is 3.05. The molecule has 19 heavy (non-hydrogen) atoms. The van der Waals surface area contributed by atoms with Gasteiger partial charge in [0, 0.05) is 24.5 Å². The largest absolute Gasteiger partial charge is 0.323 e. The summed E-state index contributed by atoms with van der Waals surface area (Å²) < 4.78 is 15.1. The lowest BCUT2D eigenvalue weighted by Crippen LogP contribution is -2.05. The minimum absolute atomic E-state index is 0.206. The molecule has 3 heteroatoms. The molecule has 0 radical (unpaired) electrons. The SMILES string of the molecule is CNCc1c(-c2ccc(F)cc2)cn2ccccc12. The van der Waals surface area contributed by atoms with Gasteiger partial charge in [0.25, 0.3) is 0 Å². The fourth-order valence-corrected chi connectivity index (χ4v) is 2.42. The van der Waals surface area contributed by atoms with Crippen molar-refractivity contribution in [3.63, 3.8) is 0 Å². The summed E-state index contributed by atoms with van der Waals surface area (Å²) in [5.41, 5.74) is 4.58. The van der Waals surface area contributed by atoms with Crippen molar-refractivity contribution in [2.45, 2.75) is 6.54 Å². The monoisotopic (exact) mass is 254 g/mol. The number of benzene rings is 1. The highest BCUT2D eigenvalue weighted by Crippen LogP contribution is 2.28. The van der Waals surface area contributed by atoms with Crippen LogP contribution in [-0.2, 0) is 6.54 Å². The van der Waals surface area contributed by atoms with E-state index in [1.165, 1.54) is 23.2 Å². The zero-order valence-corrected chi connectivity index (χ0v) is 10.7. The van der Waals surface area contributed by atoms with E-state index >= 15 is 0 Å². The summed E-state index contributed by atoms with van der Waals surface area (Å²) in [6.45, 7) is 0.785. The van der Waals surface area contributed by atoms with E-state index in [0.717, 1.165) is 17.7 Å². The van der Waals surface area contributed by atoms with Crippen LogP contribution >= 0.6 is 0 Å². The Labute approximate surface area is 111 Å². The molecule has 96 valence electrons. The van der Waals surface area contributed by atoms with E-state index in [9.17, 15) is 4.39 Å². The van der Waals surface area contributed by atoms with E-state index in [0.29, 0.717) is 0 Å². The van der Waals surface area contributed by atoms with Gasteiger partial charge >= 0.3 is 0 Å². The van der Waals surface area contributed by atoms with Crippen molar-refractivity contribution in [1.29, 1.82) is 0 Å². The topological polar surface area (TPSA) is 16.4 Å². The van der Waals surface area contributed by atoms with Crippen molar-refractivity contribution in [2.24, 2.45) is 0 Å². The van der Waals surface area contributed by atoms with E-state index in [2.05, 4.69) is 22.0 Å². The molecule has 0 atom stereocenters. The number of rotatable bonds is 3. The molecule has 3 aromatic rings. The average molecular weight is 254 g/mol. The molecule has 0 fully saturated rings. The first kappa shape index (κ1) is 11.9. The molecule has 0 saturated carbocycles. The van der Waals surface area contributed by atoms with Crippen LogP contribution in [0, 0.1) is 5.82 Å². The first-order chi connectivity index (χ1) is 9.29. The normalized spacial score (nSPS) is 11.1. The fraction of sp³-hybridized carbons (Fsp3) is 0.125. The third-order valence-electron chi connectivity index (χ3n) is 3.30. The van der Waals surface area contributed by atoms with Crippen molar-refractivity contribution < 1.29 is 4.39 Å². The van der Waals surface area contributed by atoms with Gasteiger partial charge < -0.3 is 9.72 Å². The molecule has 0 saturated heterocycles. The second kappa shape index (κ2) is 4.86. The number of hydrogen-bond donors (Lipinski definition) is 1. The highest BCUT2D eigenvalue weighted by molar-refractivity contribution is 5.76. The van der Waals surface area contributed by atoms with Gasteiger partial charge in [-0.05, 0) is 42.4 Å². The maximum atomic E-state index is 13.0. The maximum Gasteiger partial charge on any atom is 0.123 e. The predicted molar refractivity (Wildman–Crippen MR) is 75.6 cm³/mol. The number of nitrogens with zero attached hydrogens (tertiary/aromatic N) is 1. The second-order valence-electron chi connectivity index (χ2n) is 4.55. The molecule has 3 rings (SSSR count). The van der Waals surface area contributed by atoms with Gasteiger partial charge in [0.2, 0.25) is 0 Å². The third-order valence-corrected chi connectivity index (χ3v) is 3.30. The Bertz CT molecular complexity index is 698. The molecule has 0 spiro atoms. The van der Waals surface area contributed by atoms with Crippen LogP contribution in [-0.4, -0.2) is 11.4 Å². The van der Waals surface area contributed by atoms with E-state index in [-0.39, 0.29) is 5.82 Å². The number of hydrogen-bond acceptors (Lipinski definition) is 1. The minimum Gasteiger partial charge on any atom is -0.323 e. The lowest BCUT2D eigenvalue weighted by molar-refractivity contribution is 0.628. The quantitative estimate of drug-likeness (QED) is 0.757. The number of halogens is 1. The van der Waals surface area contributed by atoms with Crippen LogP contribution in [0.5, 0.6) is 0 Å². The van der Waals surface area contributed by atoms with Crippen molar-refractivity contribution >= 4 is 5.52 Å². The van der Waals surface area contributed by atoms with Crippen molar-refractivity contribution in [2.75, 3.05) is 7.05 Å². The zero-order valence-electron chi connectivity index (χ0n) is 10.7. The highest BCUT2D eigenvalue weighted by atomic mass is 19.1. The standard InChI is InChI=1S/C16H15FN2/c1-18-10-14-15(12-5-7-13(17)8-6-12)11-19-9-3-2-4-16(14)19/h2-9,11,18H,10H2,1H3.